The van der Waals surface area contributed by atoms with Crippen LogP contribution in [0.5, 0.6) is 0 Å². The van der Waals surface area contributed by atoms with Gasteiger partial charge in [-0.3, -0.25) is 14.0 Å². The van der Waals surface area contributed by atoms with Crippen LogP contribution in [-0.2, 0) is 4.79 Å². The van der Waals surface area contributed by atoms with E-state index >= 15 is 0 Å². The number of hydrogen-bond acceptors (Lipinski definition) is 4. The fourth-order valence-electron chi connectivity index (χ4n) is 4.29. The van der Waals surface area contributed by atoms with Crippen molar-refractivity contribution in [2.75, 3.05) is 0 Å². The summed E-state index contributed by atoms with van der Waals surface area (Å²) < 4.78 is 1.32. The second-order valence-electron chi connectivity index (χ2n) is 6.82. The maximum absolute atomic E-state index is 13.1. The molecule has 3 heterocycles. The number of pyridine rings is 1. The maximum atomic E-state index is 13.1. The number of aromatic nitrogens is 2. The molecule has 3 atom stereocenters. The zero-order chi connectivity index (χ0) is 17.6. The van der Waals surface area contributed by atoms with Gasteiger partial charge in [0.25, 0.3) is 11.5 Å². The summed E-state index contributed by atoms with van der Waals surface area (Å²) in [5.74, 6) is -1.32. The van der Waals surface area contributed by atoms with Crippen molar-refractivity contribution in [1.29, 1.82) is 0 Å². The van der Waals surface area contributed by atoms with Crippen molar-refractivity contribution in [2.45, 2.75) is 44.2 Å². The van der Waals surface area contributed by atoms with Crippen LogP contribution in [-0.4, -0.2) is 43.4 Å². The van der Waals surface area contributed by atoms with E-state index in [1.807, 2.05) is 0 Å². The van der Waals surface area contributed by atoms with Gasteiger partial charge in [0.1, 0.15) is 17.3 Å². The van der Waals surface area contributed by atoms with Gasteiger partial charge in [0.05, 0.1) is 0 Å². The molecule has 7 nitrogen and oxygen atoms in total. The van der Waals surface area contributed by atoms with Crippen LogP contribution in [0.3, 0.4) is 0 Å². The quantitative estimate of drug-likeness (QED) is 0.895. The third kappa shape index (κ3) is 2.50. The van der Waals surface area contributed by atoms with Gasteiger partial charge < -0.3 is 10.0 Å². The highest BCUT2D eigenvalue weighted by Gasteiger charge is 2.48. The topological polar surface area (TPSA) is 92.0 Å². The van der Waals surface area contributed by atoms with Crippen LogP contribution < -0.4 is 5.56 Å². The highest BCUT2D eigenvalue weighted by molar-refractivity contribution is 5.97. The van der Waals surface area contributed by atoms with Crippen LogP contribution in [0.1, 0.15) is 42.5 Å². The van der Waals surface area contributed by atoms with Crippen molar-refractivity contribution in [3.63, 3.8) is 0 Å². The van der Waals surface area contributed by atoms with Crippen LogP contribution in [0.4, 0.5) is 0 Å². The number of amides is 1. The van der Waals surface area contributed by atoms with E-state index in [0.29, 0.717) is 12.1 Å². The molecular formula is C18H19N3O4. The second kappa shape index (κ2) is 5.98. The minimum atomic E-state index is -1.00. The molecular weight excluding hydrogens is 322 g/mol. The van der Waals surface area contributed by atoms with Gasteiger partial charge in [-0.1, -0.05) is 18.9 Å². The zero-order valence-corrected chi connectivity index (χ0v) is 13.7. The summed E-state index contributed by atoms with van der Waals surface area (Å²) in [7, 11) is 0. The lowest BCUT2D eigenvalue weighted by Gasteiger charge is -2.32. The summed E-state index contributed by atoms with van der Waals surface area (Å²) in [6.07, 6.45) is 7.07. The van der Waals surface area contributed by atoms with E-state index in [0.717, 1.165) is 25.7 Å². The van der Waals surface area contributed by atoms with E-state index < -0.39 is 23.5 Å². The molecule has 0 unspecified atom stereocenters. The zero-order valence-electron chi connectivity index (χ0n) is 13.7. The lowest BCUT2D eigenvalue weighted by Crippen LogP contribution is -2.47. The van der Waals surface area contributed by atoms with Gasteiger partial charge in [0, 0.05) is 18.4 Å². The van der Waals surface area contributed by atoms with Crippen LogP contribution in [0.25, 0.3) is 5.65 Å². The Kier molecular flexibility index (Phi) is 3.78. The average molecular weight is 341 g/mol. The van der Waals surface area contributed by atoms with E-state index in [-0.39, 0.29) is 17.5 Å². The molecule has 4 rings (SSSR count). The molecule has 1 saturated carbocycles. The first-order valence-electron chi connectivity index (χ1n) is 8.60. The molecule has 0 bridgehead atoms. The van der Waals surface area contributed by atoms with E-state index in [1.165, 1.54) is 15.5 Å². The lowest BCUT2D eigenvalue weighted by molar-refractivity contribution is -0.141. The van der Waals surface area contributed by atoms with Crippen molar-refractivity contribution in [3.05, 3.63) is 46.5 Å². The van der Waals surface area contributed by atoms with E-state index in [9.17, 15) is 19.5 Å². The first-order chi connectivity index (χ1) is 12.1. The highest BCUT2D eigenvalue weighted by atomic mass is 16.4. The largest absolute Gasteiger partial charge is 0.480 e. The normalized spacial score (nSPS) is 25.8. The molecule has 130 valence electrons. The SMILES string of the molecule is O=C(O)[C@@H]1C[C@@H]2CCCC[C@H]2N1C(=O)c1cnc2ccccn2c1=O. The van der Waals surface area contributed by atoms with Crippen LogP contribution in [0, 0.1) is 5.92 Å². The molecule has 0 radical (unpaired) electrons. The predicted octanol–water partition coefficient (Wildman–Crippen LogP) is 1.55. The number of fused-ring (bicyclic) bond motifs is 2. The molecule has 0 spiro atoms. The first kappa shape index (κ1) is 15.8. The first-order valence-corrected chi connectivity index (χ1v) is 8.60. The van der Waals surface area contributed by atoms with Crippen molar-refractivity contribution in [2.24, 2.45) is 5.92 Å². The van der Waals surface area contributed by atoms with Crippen molar-refractivity contribution < 1.29 is 14.7 Å². The molecule has 1 saturated heterocycles. The standard InChI is InChI=1S/C18H19N3O4/c22-16-12(10-19-15-7-3-4-8-20(15)16)17(23)21-13-6-2-1-5-11(13)9-14(21)18(24)25/h3-4,7-8,10-11,13-14H,1-2,5-6,9H2,(H,24,25)/t11-,13+,14-/m0/s1. The molecule has 1 aliphatic carbocycles. The van der Waals surface area contributed by atoms with Gasteiger partial charge in [-0.15, -0.1) is 0 Å². The number of nitrogens with zero attached hydrogens (tertiary/aromatic N) is 3. The smallest absolute Gasteiger partial charge is 0.326 e. The number of carboxylic acid groups (broad SMARTS) is 1. The third-order valence-electron chi connectivity index (χ3n) is 5.45. The Labute approximate surface area is 143 Å². The Bertz CT molecular complexity index is 907. The number of aliphatic carboxylic acids is 1. The number of likely N-dealkylation sites (tertiary alicyclic amines) is 1. The average Bonchev–Trinajstić information content (AvgIpc) is 3.01. The summed E-state index contributed by atoms with van der Waals surface area (Å²) in [4.78, 5) is 43.1. The lowest BCUT2D eigenvalue weighted by atomic mass is 9.84. The Morgan fingerprint density at radius 2 is 2.00 bits per heavy atom. The van der Waals surface area contributed by atoms with E-state index in [2.05, 4.69) is 4.98 Å². The summed E-state index contributed by atoms with van der Waals surface area (Å²) in [6.45, 7) is 0. The molecule has 2 aromatic rings. The van der Waals surface area contributed by atoms with Gasteiger partial charge in [-0.25, -0.2) is 9.78 Å². The number of rotatable bonds is 2. The molecule has 2 fully saturated rings. The Morgan fingerprint density at radius 1 is 1.20 bits per heavy atom. The molecule has 7 heteroatoms. The maximum Gasteiger partial charge on any atom is 0.326 e. The van der Waals surface area contributed by atoms with Gasteiger partial charge in [-0.2, -0.15) is 0 Å². The van der Waals surface area contributed by atoms with Gasteiger partial charge in [0.2, 0.25) is 0 Å². The summed E-state index contributed by atoms with van der Waals surface area (Å²) in [6, 6.07) is 4.17. The second-order valence-corrected chi connectivity index (χ2v) is 6.82. The summed E-state index contributed by atoms with van der Waals surface area (Å²) in [5.41, 5.74) is -0.0732. The number of hydrogen-bond donors (Lipinski definition) is 1. The summed E-state index contributed by atoms with van der Waals surface area (Å²) >= 11 is 0. The molecule has 2 aromatic heterocycles. The Balaban J connectivity index is 1.77. The molecule has 25 heavy (non-hydrogen) atoms. The molecule has 0 aromatic carbocycles. The minimum absolute atomic E-state index is 0.0684. The van der Waals surface area contributed by atoms with Crippen molar-refractivity contribution in [1.82, 2.24) is 14.3 Å². The van der Waals surface area contributed by atoms with Crippen LogP contribution in [0.15, 0.2) is 35.4 Å². The minimum Gasteiger partial charge on any atom is -0.480 e. The molecule has 1 aliphatic heterocycles. The Morgan fingerprint density at radius 3 is 2.80 bits per heavy atom. The van der Waals surface area contributed by atoms with Gasteiger partial charge in [-0.05, 0) is 37.3 Å². The van der Waals surface area contributed by atoms with Crippen molar-refractivity contribution in [3.8, 4) is 0 Å². The van der Waals surface area contributed by atoms with E-state index in [1.54, 1.807) is 24.4 Å². The van der Waals surface area contributed by atoms with Gasteiger partial charge in [0.15, 0.2) is 0 Å². The van der Waals surface area contributed by atoms with E-state index in [4.69, 9.17) is 0 Å². The van der Waals surface area contributed by atoms with Crippen LogP contribution in [0.2, 0.25) is 0 Å². The summed E-state index contributed by atoms with van der Waals surface area (Å²) in [5, 5.41) is 9.57. The third-order valence-corrected chi connectivity index (χ3v) is 5.45. The molecule has 1 amide bonds. The Hall–Kier alpha value is -2.70. The van der Waals surface area contributed by atoms with Crippen molar-refractivity contribution >= 4 is 17.5 Å². The predicted molar refractivity (Wildman–Crippen MR) is 89.4 cm³/mol. The van der Waals surface area contributed by atoms with Crippen LogP contribution >= 0.6 is 0 Å². The fourth-order valence-corrected chi connectivity index (χ4v) is 4.29. The fraction of sp³-hybridized carbons (Fsp3) is 0.444. The molecule has 2 aliphatic rings. The van der Waals surface area contributed by atoms with Gasteiger partial charge >= 0.3 is 5.97 Å². The number of carbonyl (C=O) groups excluding carboxylic acids is 1. The number of carbonyl (C=O) groups is 2. The monoisotopic (exact) mass is 341 g/mol. The molecule has 1 N–H and O–H groups in total. The number of carboxylic acids is 1. The highest BCUT2D eigenvalue weighted by Crippen LogP contribution is 2.40.